The van der Waals surface area contributed by atoms with Gasteiger partial charge in [0.2, 0.25) is 0 Å². The van der Waals surface area contributed by atoms with Gasteiger partial charge in [0.15, 0.2) is 0 Å². The van der Waals surface area contributed by atoms with Crippen molar-refractivity contribution in [3.8, 4) is 0 Å². The van der Waals surface area contributed by atoms with Crippen molar-refractivity contribution < 1.29 is 18.7 Å². The standard InChI is InChI=1S/C19H25BrFN3O3/c1-19(2,3)15(21)11(10-27-18(22)26)8-23-9-14-13(16(23)20)6-7-24(17(14)25)12-4-5-12/h9,12H,4-8,10H2,1-3H3,(H2,22,26). The van der Waals surface area contributed by atoms with Gasteiger partial charge in [0.25, 0.3) is 5.91 Å². The molecule has 27 heavy (non-hydrogen) atoms. The summed E-state index contributed by atoms with van der Waals surface area (Å²) in [6.45, 7) is 5.90. The molecule has 1 aliphatic carbocycles. The van der Waals surface area contributed by atoms with Gasteiger partial charge in [-0.3, -0.25) is 4.79 Å². The molecular formula is C19H25BrFN3O3. The fraction of sp³-hybridized carbons (Fsp3) is 0.579. The molecule has 0 spiro atoms. The van der Waals surface area contributed by atoms with Crippen LogP contribution in [0.25, 0.3) is 0 Å². The second kappa shape index (κ2) is 7.30. The van der Waals surface area contributed by atoms with Crippen molar-refractivity contribution in [2.45, 2.75) is 52.6 Å². The molecule has 3 rings (SSSR count). The van der Waals surface area contributed by atoms with Gasteiger partial charge >= 0.3 is 6.09 Å². The summed E-state index contributed by atoms with van der Waals surface area (Å²) >= 11 is 3.56. The zero-order valence-electron chi connectivity index (χ0n) is 15.8. The van der Waals surface area contributed by atoms with E-state index >= 15 is 0 Å². The summed E-state index contributed by atoms with van der Waals surface area (Å²) in [7, 11) is 0. The number of fused-ring (bicyclic) bond motifs is 1. The summed E-state index contributed by atoms with van der Waals surface area (Å²) in [6, 6.07) is 0.366. The highest BCUT2D eigenvalue weighted by Gasteiger charge is 2.37. The number of halogens is 2. The number of nitrogens with zero attached hydrogens (tertiary/aromatic N) is 2. The second-order valence-corrected chi connectivity index (χ2v) is 8.95. The Morgan fingerprint density at radius 1 is 1.41 bits per heavy atom. The summed E-state index contributed by atoms with van der Waals surface area (Å²) in [5, 5.41) is 0. The van der Waals surface area contributed by atoms with Gasteiger partial charge in [-0.2, -0.15) is 0 Å². The molecule has 6 nitrogen and oxygen atoms in total. The van der Waals surface area contributed by atoms with Crippen LogP contribution in [0.1, 0.15) is 49.5 Å². The van der Waals surface area contributed by atoms with Gasteiger partial charge in [-0.1, -0.05) is 20.8 Å². The molecule has 2 amide bonds. The zero-order chi connectivity index (χ0) is 19.9. The van der Waals surface area contributed by atoms with Gasteiger partial charge < -0.3 is 19.9 Å². The molecule has 148 valence electrons. The molecule has 1 aromatic heterocycles. The molecule has 1 aliphatic heterocycles. The van der Waals surface area contributed by atoms with Crippen LogP contribution in [0.15, 0.2) is 22.2 Å². The quantitative estimate of drug-likeness (QED) is 0.754. The van der Waals surface area contributed by atoms with E-state index in [0.717, 1.165) is 29.4 Å². The maximum atomic E-state index is 14.9. The van der Waals surface area contributed by atoms with Gasteiger partial charge in [-0.25, -0.2) is 9.18 Å². The third-order valence-corrected chi connectivity index (χ3v) is 5.85. The third kappa shape index (κ3) is 4.20. The van der Waals surface area contributed by atoms with Crippen LogP contribution in [0.2, 0.25) is 0 Å². The van der Waals surface area contributed by atoms with Crippen LogP contribution in [-0.2, 0) is 17.7 Å². The summed E-state index contributed by atoms with van der Waals surface area (Å²) in [5.41, 5.74) is 6.25. The van der Waals surface area contributed by atoms with Crippen LogP contribution in [0.3, 0.4) is 0 Å². The van der Waals surface area contributed by atoms with Crippen molar-refractivity contribution in [2.75, 3.05) is 13.2 Å². The molecule has 2 N–H and O–H groups in total. The first-order chi connectivity index (χ1) is 12.6. The maximum Gasteiger partial charge on any atom is 0.404 e. The lowest BCUT2D eigenvalue weighted by Gasteiger charge is -2.26. The van der Waals surface area contributed by atoms with Crippen LogP contribution in [-0.4, -0.2) is 40.7 Å². The number of aromatic nitrogens is 1. The first-order valence-electron chi connectivity index (χ1n) is 9.08. The number of carbonyl (C=O) groups is 2. The fourth-order valence-corrected chi connectivity index (χ4v) is 4.05. The predicted molar refractivity (Wildman–Crippen MR) is 103 cm³/mol. The van der Waals surface area contributed by atoms with Crippen LogP contribution < -0.4 is 5.73 Å². The van der Waals surface area contributed by atoms with Gasteiger partial charge in [0.1, 0.15) is 12.4 Å². The van der Waals surface area contributed by atoms with E-state index in [1.54, 1.807) is 31.5 Å². The number of rotatable bonds is 5. The summed E-state index contributed by atoms with van der Waals surface area (Å²) in [6.07, 6.45) is 3.71. The van der Waals surface area contributed by atoms with Crippen LogP contribution in [0.4, 0.5) is 9.18 Å². The number of allylic oxidation sites excluding steroid dienone is 1. The molecule has 8 heteroatoms. The van der Waals surface area contributed by atoms with Crippen molar-refractivity contribution in [3.05, 3.63) is 33.3 Å². The number of amides is 2. The summed E-state index contributed by atoms with van der Waals surface area (Å²) < 4.78 is 22.3. The van der Waals surface area contributed by atoms with E-state index in [9.17, 15) is 14.0 Å². The Hall–Kier alpha value is -1.83. The topological polar surface area (TPSA) is 77.6 Å². The molecule has 1 fully saturated rings. The van der Waals surface area contributed by atoms with E-state index in [1.165, 1.54) is 0 Å². The van der Waals surface area contributed by atoms with E-state index in [0.29, 0.717) is 23.7 Å². The van der Waals surface area contributed by atoms with Crippen molar-refractivity contribution in [3.63, 3.8) is 0 Å². The Bertz CT molecular complexity index is 806. The lowest BCUT2D eigenvalue weighted by atomic mass is 9.91. The van der Waals surface area contributed by atoms with Gasteiger partial charge in [-0.15, -0.1) is 0 Å². The first-order valence-corrected chi connectivity index (χ1v) is 9.87. The van der Waals surface area contributed by atoms with E-state index in [2.05, 4.69) is 15.9 Å². The van der Waals surface area contributed by atoms with E-state index in [4.69, 9.17) is 10.5 Å². The Labute approximate surface area is 166 Å². The summed E-state index contributed by atoms with van der Waals surface area (Å²) in [4.78, 5) is 25.7. The van der Waals surface area contributed by atoms with Crippen molar-refractivity contribution >= 4 is 27.9 Å². The SMILES string of the molecule is CC(C)(C)C(F)=C(COC(N)=O)Cn1cc2c(c1Br)CCN(C1CC1)C2=O. The molecule has 2 aliphatic rings. The Balaban J connectivity index is 1.90. The number of nitrogens with two attached hydrogens (primary N) is 1. The number of ether oxygens (including phenoxy) is 1. The van der Waals surface area contributed by atoms with Crippen LogP contribution >= 0.6 is 15.9 Å². The normalized spacial score (nSPS) is 18.3. The molecule has 0 aromatic carbocycles. The highest BCUT2D eigenvalue weighted by molar-refractivity contribution is 9.10. The number of carbonyl (C=O) groups excluding carboxylic acids is 2. The second-order valence-electron chi connectivity index (χ2n) is 8.20. The van der Waals surface area contributed by atoms with E-state index < -0.39 is 11.5 Å². The maximum absolute atomic E-state index is 14.9. The van der Waals surface area contributed by atoms with Crippen LogP contribution in [0.5, 0.6) is 0 Å². The number of hydrogen-bond acceptors (Lipinski definition) is 3. The van der Waals surface area contributed by atoms with E-state index in [-0.39, 0.29) is 24.9 Å². The lowest BCUT2D eigenvalue weighted by molar-refractivity contribution is 0.0727. The third-order valence-electron chi connectivity index (χ3n) is 4.91. The minimum atomic E-state index is -0.949. The number of primary amides is 1. The highest BCUT2D eigenvalue weighted by atomic mass is 79.9. The van der Waals surface area contributed by atoms with Gasteiger partial charge in [0.05, 0.1) is 16.7 Å². The molecule has 1 saturated carbocycles. The average molecular weight is 442 g/mol. The smallest absolute Gasteiger partial charge is 0.404 e. The zero-order valence-corrected chi connectivity index (χ0v) is 17.4. The molecule has 0 unspecified atom stereocenters. The number of hydrogen-bond donors (Lipinski definition) is 1. The largest absolute Gasteiger partial charge is 0.445 e. The molecule has 0 atom stereocenters. The molecule has 0 radical (unpaired) electrons. The van der Waals surface area contributed by atoms with Gasteiger partial charge in [-0.05, 0) is 40.8 Å². The molecule has 0 saturated heterocycles. The first kappa shape index (κ1) is 19.9. The Kier molecular flexibility index (Phi) is 5.38. The van der Waals surface area contributed by atoms with Crippen LogP contribution in [0, 0.1) is 5.41 Å². The molecule has 2 heterocycles. The summed E-state index contributed by atoms with van der Waals surface area (Å²) in [5.74, 6) is -0.318. The van der Waals surface area contributed by atoms with Gasteiger partial charge in [0, 0.05) is 29.8 Å². The Morgan fingerprint density at radius 3 is 2.63 bits per heavy atom. The molecule has 1 aromatic rings. The molecular weight excluding hydrogens is 417 g/mol. The van der Waals surface area contributed by atoms with E-state index in [1.807, 2.05) is 4.90 Å². The van der Waals surface area contributed by atoms with Crippen molar-refractivity contribution in [1.82, 2.24) is 9.47 Å². The predicted octanol–water partition coefficient (Wildman–Crippen LogP) is 3.78. The average Bonchev–Trinajstić information content (AvgIpc) is 3.36. The Morgan fingerprint density at radius 2 is 2.07 bits per heavy atom. The monoisotopic (exact) mass is 441 g/mol. The highest BCUT2D eigenvalue weighted by Crippen LogP contribution is 2.36. The minimum absolute atomic E-state index is 0.0356. The van der Waals surface area contributed by atoms with Crippen molar-refractivity contribution in [2.24, 2.45) is 11.1 Å². The molecule has 0 bridgehead atoms. The minimum Gasteiger partial charge on any atom is -0.445 e. The lowest BCUT2D eigenvalue weighted by Crippen LogP contribution is -2.38. The fourth-order valence-electron chi connectivity index (χ4n) is 3.41. The van der Waals surface area contributed by atoms with Crippen molar-refractivity contribution in [1.29, 1.82) is 0 Å².